The summed E-state index contributed by atoms with van der Waals surface area (Å²) in [5.74, 6) is 4.12. The molecule has 4 atom stereocenters. The van der Waals surface area contributed by atoms with E-state index in [9.17, 15) is 8.42 Å². The fourth-order valence-corrected chi connectivity index (χ4v) is 5.72. The Labute approximate surface area is 128 Å². The molecule has 3 fully saturated rings. The molecule has 0 aliphatic heterocycles. The average molecular weight is 332 g/mol. The topological polar surface area (TPSA) is 74.1 Å². The fourth-order valence-electron chi connectivity index (χ4n) is 4.79. The summed E-state index contributed by atoms with van der Waals surface area (Å²) in [6.45, 7) is 0.838. The molecular weight excluding hydrogens is 314 g/mol. The predicted molar refractivity (Wildman–Crippen MR) is 75.5 cm³/mol. The molecule has 3 aliphatic carbocycles. The Hall–Kier alpha value is -0.660. The SMILES string of the molecule is COCCn1c(C2C3C4CCC(C4)C23)nnc1S(=O)(=O)Cl. The Kier molecular flexibility index (Phi) is 3.10. The fraction of sp³-hybridized carbons (Fsp3) is 0.846. The minimum Gasteiger partial charge on any atom is -0.383 e. The van der Waals surface area contributed by atoms with Crippen LogP contribution in [0.4, 0.5) is 0 Å². The van der Waals surface area contributed by atoms with Gasteiger partial charge in [0.05, 0.1) is 6.61 Å². The van der Waals surface area contributed by atoms with Gasteiger partial charge < -0.3 is 4.74 Å². The van der Waals surface area contributed by atoms with Crippen LogP contribution in [0.1, 0.15) is 31.0 Å². The highest BCUT2D eigenvalue weighted by atomic mass is 35.7. The van der Waals surface area contributed by atoms with Gasteiger partial charge in [-0.3, -0.25) is 4.57 Å². The summed E-state index contributed by atoms with van der Waals surface area (Å²) < 4.78 is 30.0. The van der Waals surface area contributed by atoms with Gasteiger partial charge in [0, 0.05) is 30.3 Å². The van der Waals surface area contributed by atoms with E-state index in [0.29, 0.717) is 30.9 Å². The lowest BCUT2D eigenvalue weighted by molar-refractivity contribution is 0.183. The Balaban J connectivity index is 1.68. The van der Waals surface area contributed by atoms with Crippen LogP contribution in [-0.4, -0.2) is 36.9 Å². The van der Waals surface area contributed by atoms with Crippen LogP contribution in [0.2, 0.25) is 0 Å². The summed E-state index contributed by atoms with van der Waals surface area (Å²) in [5.41, 5.74) is 0. The average Bonchev–Trinajstić information content (AvgIpc) is 2.83. The molecule has 116 valence electrons. The molecule has 0 amide bonds. The first-order chi connectivity index (χ1) is 10.0. The van der Waals surface area contributed by atoms with Crippen molar-refractivity contribution in [2.75, 3.05) is 13.7 Å². The van der Waals surface area contributed by atoms with Crippen molar-refractivity contribution in [1.82, 2.24) is 14.8 Å². The lowest BCUT2D eigenvalue weighted by atomic mass is 10.0. The van der Waals surface area contributed by atoms with Crippen LogP contribution in [0.25, 0.3) is 0 Å². The first kappa shape index (κ1) is 14.0. The summed E-state index contributed by atoms with van der Waals surface area (Å²) in [6, 6.07) is 0. The number of methoxy groups -OCH3 is 1. The Morgan fingerprint density at radius 1 is 1.29 bits per heavy atom. The molecule has 4 unspecified atom stereocenters. The van der Waals surface area contributed by atoms with Gasteiger partial charge >= 0.3 is 0 Å². The molecule has 1 aromatic rings. The molecule has 0 saturated heterocycles. The van der Waals surface area contributed by atoms with Crippen LogP contribution in [0.5, 0.6) is 0 Å². The van der Waals surface area contributed by atoms with Gasteiger partial charge in [-0.2, -0.15) is 0 Å². The molecule has 1 aromatic heterocycles. The first-order valence-electron chi connectivity index (χ1n) is 7.39. The zero-order chi connectivity index (χ0) is 14.8. The van der Waals surface area contributed by atoms with E-state index in [1.54, 1.807) is 11.7 Å². The second-order valence-electron chi connectivity index (χ2n) is 6.44. The van der Waals surface area contributed by atoms with Crippen molar-refractivity contribution in [3.8, 4) is 0 Å². The number of rotatable bonds is 5. The zero-order valence-corrected chi connectivity index (χ0v) is 13.3. The normalized spacial score (nSPS) is 37.0. The second-order valence-corrected chi connectivity index (χ2v) is 8.90. The molecule has 4 rings (SSSR count). The minimum absolute atomic E-state index is 0.145. The third-order valence-electron chi connectivity index (χ3n) is 5.52. The van der Waals surface area contributed by atoms with Gasteiger partial charge in [0.25, 0.3) is 14.2 Å². The molecule has 1 heterocycles. The molecule has 0 spiro atoms. The third kappa shape index (κ3) is 2.04. The maximum atomic E-state index is 11.7. The van der Waals surface area contributed by atoms with Gasteiger partial charge in [0.2, 0.25) is 0 Å². The van der Waals surface area contributed by atoms with Crippen molar-refractivity contribution in [3.05, 3.63) is 5.82 Å². The molecule has 8 heteroatoms. The van der Waals surface area contributed by atoms with Crippen molar-refractivity contribution >= 4 is 19.7 Å². The van der Waals surface area contributed by atoms with E-state index in [4.69, 9.17) is 15.4 Å². The number of nitrogens with zero attached hydrogens (tertiary/aromatic N) is 3. The third-order valence-corrected chi connectivity index (χ3v) is 6.67. The molecule has 3 aliphatic rings. The van der Waals surface area contributed by atoms with E-state index in [2.05, 4.69) is 10.2 Å². The summed E-state index contributed by atoms with van der Waals surface area (Å²) >= 11 is 0. The highest BCUT2D eigenvalue weighted by Crippen LogP contribution is 2.72. The molecule has 0 aromatic carbocycles. The van der Waals surface area contributed by atoms with E-state index >= 15 is 0 Å². The number of hydrogen-bond acceptors (Lipinski definition) is 5. The summed E-state index contributed by atoms with van der Waals surface area (Å²) in [6.07, 6.45) is 3.98. The number of aromatic nitrogens is 3. The van der Waals surface area contributed by atoms with Gasteiger partial charge in [-0.1, -0.05) is 0 Å². The highest BCUT2D eigenvalue weighted by Gasteiger charge is 2.66. The maximum Gasteiger partial charge on any atom is 0.296 e. The molecule has 0 N–H and O–H groups in total. The predicted octanol–water partition coefficient (Wildman–Crippen LogP) is 1.61. The lowest BCUT2D eigenvalue weighted by Crippen LogP contribution is -2.14. The summed E-state index contributed by atoms with van der Waals surface area (Å²) in [7, 11) is 3.19. The monoisotopic (exact) mass is 331 g/mol. The van der Waals surface area contributed by atoms with E-state index < -0.39 is 9.05 Å². The molecule has 3 saturated carbocycles. The Bertz CT molecular complexity index is 658. The first-order valence-corrected chi connectivity index (χ1v) is 9.70. The standard InChI is InChI=1S/C13H18ClN3O3S/c1-20-5-4-17-12(15-16-13(17)21(14,18)19)11-9-7-2-3-8(6-7)10(9)11/h7-11H,2-6H2,1H3. The summed E-state index contributed by atoms with van der Waals surface area (Å²) in [5, 5.41) is 7.86. The van der Waals surface area contributed by atoms with Gasteiger partial charge in [0.1, 0.15) is 5.82 Å². The number of hydrogen-bond donors (Lipinski definition) is 0. The maximum absolute atomic E-state index is 11.7. The van der Waals surface area contributed by atoms with Crippen LogP contribution >= 0.6 is 10.7 Å². The van der Waals surface area contributed by atoms with E-state index in [1.807, 2.05) is 0 Å². The molecule has 0 radical (unpaired) electrons. The van der Waals surface area contributed by atoms with Crippen LogP contribution < -0.4 is 0 Å². The van der Waals surface area contributed by atoms with Crippen LogP contribution in [0.15, 0.2) is 5.16 Å². The van der Waals surface area contributed by atoms with E-state index in [0.717, 1.165) is 17.7 Å². The summed E-state index contributed by atoms with van der Waals surface area (Å²) in [4.78, 5) is 0. The van der Waals surface area contributed by atoms with Crippen LogP contribution in [-0.2, 0) is 20.3 Å². The molecule has 21 heavy (non-hydrogen) atoms. The number of fused-ring (bicyclic) bond motifs is 5. The van der Waals surface area contributed by atoms with Crippen molar-refractivity contribution in [2.24, 2.45) is 23.7 Å². The van der Waals surface area contributed by atoms with Gasteiger partial charge in [-0.15, -0.1) is 10.2 Å². The van der Waals surface area contributed by atoms with Crippen LogP contribution in [0, 0.1) is 23.7 Å². The van der Waals surface area contributed by atoms with Crippen molar-refractivity contribution < 1.29 is 13.2 Å². The number of halogens is 1. The molecular formula is C13H18ClN3O3S. The van der Waals surface area contributed by atoms with Crippen LogP contribution in [0.3, 0.4) is 0 Å². The zero-order valence-electron chi connectivity index (χ0n) is 11.8. The molecule has 6 nitrogen and oxygen atoms in total. The Morgan fingerprint density at radius 3 is 2.52 bits per heavy atom. The van der Waals surface area contributed by atoms with Gasteiger partial charge in [-0.25, -0.2) is 8.42 Å². The molecule has 2 bridgehead atoms. The quantitative estimate of drug-likeness (QED) is 0.766. The van der Waals surface area contributed by atoms with Gasteiger partial charge in [-0.05, 0) is 42.9 Å². The second kappa shape index (κ2) is 4.67. The number of ether oxygens (including phenoxy) is 1. The van der Waals surface area contributed by atoms with Crippen molar-refractivity contribution in [1.29, 1.82) is 0 Å². The smallest absolute Gasteiger partial charge is 0.296 e. The van der Waals surface area contributed by atoms with Crippen molar-refractivity contribution in [2.45, 2.75) is 36.9 Å². The van der Waals surface area contributed by atoms with Crippen molar-refractivity contribution in [3.63, 3.8) is 0 Å². The highest BCUT2D eigenvalue weighted by molar-refractivity contribution is 8.13. The Morgan fingerprint density at radius 2 is 1.95 bits per heavy atom. The van der Waals surface area contributed by atoms with E-state index in [1.165, 1.54) is 19.3 Å². The largest absolute Gasteiger partial charge is 0.383 e. The van der Waals surface area contributed by atoms with Gasteiger partial charge in [0.15, 0.2) is 0 Å². The lowest BCUT2D eigenvalue weighted by Gasteiger charge is -2.11. The van der Waals surface area contributed by atoms with E-state index in [-0.39, 0.29) is 5.16 Å². The minimum atomic E-state index is -3.88.